The molecule has 8 nitrogen and oxygen atoms in total. The molecule has 0 bridgehead atoms. The predicted octanol–water partition coefficient (Wildman–Crippen LogP) is 0.642. The summed E-state index contributed by atoms with van der Waals surface area (Å²) in [6.07, 6.45) is 7.54. The second-order valence-electron chi connectivity index (χ2n) is 5.54. The lowest BCUT2D eigenvalue weighted by molar-refractivity contribution is -0.0985. The van der Waals surface area contributed by atoms with Crippen molar-refractivity contribution in [3.8, 4) is 0 Å². The molecule has 0 radical (unpaired) electrons. The van der Waals surface area contributed by atoms with Gasteiger partial charge in [-0.25, -0.2) is 14.3 Å². The van der Waals surface area contributed by atoms with E-state index in [0.717, 1.165) is 8.96 Å². The summed E-state index contributed by atoms with van der Waals surface area (Å²) in [5.41, 5.74) is -0.861. The van der Waals surface area contributed by atoms with E-state index < -0.39 is 24.9 Å². The molecule has 10 heteroatoms. The lowest BCUT2D eigenvalue weighted by Crippen LogP contribution is -2.47. The number of rotatable bonds is 4. The lowest BCUT2D eigenvalue weighted by Gasteiger charge is -2.28. The van der Waals surface area contributed by atoms with Crippen molar-refractivity contribution in [2.75, 3.05) is 25.7 Å². The van der Waals surface area contributed by atoms with Gasteiger partial charge in [0.2, 0.25) is 0 Å². The normalized spacial score (nSPS) is 19.6. The van der Waals surface area contributed by atoms with Crippen LogP contribution in [0.5, 0.6) is 0 Å². The number of ether oxygens (including phenoxy) is 1. The standard InChI is InChI=1S/C14H17IN4O4S/c1-24(2)18-12-11-8(15)4-19(13(11)17-7-16-12)10-3-9(22)14(5-20,6-21)23-10/h3-4,7,9,20-22H,5-6H2,1-2H3/t9-/m0/s1. The summed E-state index contributed by atoms with van der Waals surface area (Å²) in [6.45, 7) is -1.02. The maximum absolute atomic E-state index is 10.1. The molecule has 0 aromatic carbocycles. The van der Waals surface area contributed by atoms with Gasteiger partial charge in [-0.05, 0) is 35.1 Å². The average Bonchev–Trinajstić information content (AvgIpc) is 3.05. The summed E-state index contributed by atoms with van der Waals surface area (Å²) >= 11 is 2.17. The van der Waals surface area contributed by atoms with Crippen molar-refractivity contribution in [2.45, 2.75) is 11.7 Å². The molecule has 0 spiro atoms. The highest BCUT2D eigenvalue weighted by molar-refractivity contribution is 14.1. The Morgan fingerprint density at radius 3 is 2.67 bits per heavy atom. The first kappa shape index (κ1) is 17.7. The van der Waals surface area contributed by atoms with Crippen molar-refractivity contribution in [1.82, 2.24) is 14.5 Å². The quantitative estimate of drug-likeness (QED) is 0.573. The minimum Gasteiger partial charge on any atom is -0.464 e. The van der Waals surface area contributed by atoms with Crippen LogP contribution >= 0.6 is 22.6 Å². The fraction of sp³-hybridized carbons (Fsp3) is 0.429. The molecular formula is C14H17IN4O4S. The number of nitrogens with zero attached hydrogens (tertiary/aromatic N) is 4. The van der Waals surface area contributed by atoms with E-state index in [9.17, 15) is 15.3 Å². The fourth-order valence-corrected chi connectivity index (χ4v) is 3.68. The second kappa shape index (κ2) is 6.67. The Labute approximate surface area is 154 Å². The van der Waals surface area contributed by atoms with Gasteiger partial charge >= 0.3 is 0 Å². The smallest absolute Gasteiger partial charge is 0.198 e. The second-order valence-corrected chi connectivity index (χ2v) is 8.43. The van der Waals surface area contributed by atoms with Crippen LogP contribution in [0.4, 0.5) is 5.82 Å². The van der Waals surface area contributed by atoms with E-state index >= 15 is 0 Å². The third kappa shape index (κ3) is 2.86. The van der Waals surface area contributed by atoms with E-state index in [1.807, 2.05) is 12.5 Å². The molecule has 24 heavy (non-hydrogen) atoms. The summed E-state index contributed by atoms with van der Waals surface area (Å²) in [5.74, 6) is 0.904. The molecule has 0 unspecified atom stereocenters. The van der Waals surface area contributed by atoms with E-state index in [1.54, 1.807) is 10.8 Å². The number of halogens is 1. The van der Waals surface area contributed by atoms with Crippen molar-refractivity contribution in [3.05, 3.63) is 22.2 Å². The van der Waals surface area contributed by atoms with Crippen molar-refractivity contribution >= 4 is 56.0 Å². The summed E-state index contributed by atoms with van der Waals surface area (Å²) in [6, 6.07) is 0. The molecule has 1 atom stereocenters. The summed E-state index contributed by atoms with van der Waals surface area (Å²) in [7, 11) is -0.174. The molecule has 3 heterocycles. The molecule has 3 N–H and O–H groups in total. The summed E-state index contributed by atoms with van der Waals surface area (Å²) in [4.78, 5) is 8.55. The Morgan fingerprint density at radius 2 is 2.08 bits per heavy atom. The zero-order valence-corrected chi connectivity index (χ0v) is 16.0. The van der Waals surface area contributed by atoms with E-state index in [1.165, 1.54) is 12.4 Å². The molecule has 1 aliphatic heterocycles. The van der Waals surface area contributed by atoms with E-state index in [-0.39, 0.29) is 10.7 Å². The number of hydrogen-bond donors (Lipinski definition) is 3. The highest BCUT2D eigenvalue weighted by atomic mass is 127. The molecule has 0 saturated heterocycles. The van der Waals surface area contributed by atoms with Gasteiger partial charge in [0.15, 0.2) is 22.9 Å². The Bertz CT molecular complexity index is 843. The summed E-state index contributed by atoms with van der Waals surface area (Å²) in [5, 5.41) is 29.9. The van der Waals surface area contributed by atoms with Crippen LogP contribution < -0.4 is 0 Å². The lowest BCUT2D eigenvalue weighted by atomic mass is 10.0. The number of aromatic nitrogens is 3. The van der Waals surface area contributed by atoms with Crippen LogP contribution in [0.3, 0.4) is 0 Å². The van der Waals surface area contributed by atoms with Gasteiger partial charge in [0.1, 0.15) is 12.4 Å². The molecule has 2 aromatic rings. The highest BCUT2D eigenvalue weighted by Gasteiger charge is 2.44. The van der Waals surface area contributed by atoms with Gasteiger partial charge in [-0.2, -0.15) is 0 Å². The van der Waals surface area contributed by atoms with Crippen LogP contribution in [-0.4, -0.2) is 67.3 Å². The van der Waals surface area contributed by atoms with Gasteiger partial charge in [-0.15, -0.1) is 0 Å². The first-order chi connectivity index (χ1) is 11.4. The first-order valence-corrected chi connectivity index (χ1v) is 10.1. The molecule has 0 fully saturated rings. The van der Waals surface area contributed by atoms with Crippen molar-refractivity contribution in [3.63, 3.8) is 0 Å². The molecular weight excluding hydrogens is 447 g/mol. The zero-order valence-electron chi connectivity index (χ0n) is 13.0. The number of aliphatic hydroxyl groups is 3. The molecule has 0 saturated carbocycles. The molecule has 130 valence electrons. The zero-order chi connectivity index (χ0) is 17.5. The average molecular weight is 464 g/mol. The Morgan fingerprint density at radius 1 is 1.38 bits per heavy atom. The Kier molecular flexibility index (Phi) is 4.93. The van der Waals surface area contributed by atoms with E-state index in [4.69, 9.17) is 4.74 Å². The van der Waals surface area contributed by atoms with E-state index in [0.29, 0.717) is 17.3 Å². The van der Waals surface area contributed by atoms with Crippen LogP contribution in [0, 0.1) is 3.57 Å². The topological polar surface area (TPSA) is 113 Å². The maximum atomic E-state index is 10.1. The Hall–Kier alpha value is -1.08. The van der Waals surface area contributed by atoms with Crippen molar-refractivity contribution < 1.29 is 20.1 Å². The van der Waals surface area contributed by atoms with Crippen LogP contribution in [0.15, 0.2) is 23.0 Å². The van der Waals surface area contributed by atoms with E-state index in [2.05, 4.69) is 36.9 Å². The van der Waals surface area contributed by atoms with Crippen LogP contribution in [0.25, 0.3) is 16.9 Å². The highest BCUT2D eigenvalue weighted by Crippen LogP contribution is 2.36. The third-order valence-electron chi connectivity index (χ3n) is 3.71. The van der Waals surface area contributed by atoms with Gasteiger partial charge in [0, 0.05) is 15.8 Å². The summed E-state index contributed by atoms with van der Waals surface area (Å²) < 4.78 is 12.8. The predicted molar refractivity (Wildman–Crippen MR) is 99.8 cm³/mol. The van der Waals surface area contributed by atoms with Gasteiger partial charge in [0.25, 0.3) is 0 Å². The van der Waals surface area contributed by atoms with Crippen LogP contribution in [0.2, 0.25) is 0 Å². The maximum Gasteiger partial charge on any atom is 0.198 e. The van der Waals surface area contributed by atoms with Gasteiger partial charge in [-0.1, -0.05) is 10.7 Å². The van der Waals surface area contributed by atoms with Gasteiger partial charge in [-0.3, -0.25) is 4.57 Å². The third-order valence-corrected chi connectivity index (χ3v) is 5.06. The van der Waals surface area contributed by atoms with Gasteiger partial charge in [0.05, 0.1) is 18.6 Å². The van der Waals surface area contributed by atoms with Crippen molar-refractivity contribution in [2.24, 2.45) is 4.36 Å². The van der Waals surface area contributed by atoms with Gasteiger partial charge < -0.3 is 20.1 Å². The SMILES string of the molecule is CS(C)=Nc1ncnc2c1c(I)cn2C1=C[C@H](O)C(CO)(CO)O1. The minimum atomic E-state index is -1.45. The number of fused-ring (bicyclic) bond motifs is 1. The minimum absolute atomic E-state index is 0.174. The van der Waals surface area contributed by atoms with Crippen LogP contribution in [-0.2, 0) is 15.4 Å². The largest absolute Gasteiger partial charge is 0.464 e. The molecule has 2 aromatic heterocycles. The molecule has 1 aliphatic rings. The molecule has 0 amide bonds. The number of hydrogen-bond acceptors (Lipinski definition) is 7. The molecule has 3 rings (SSSR count). The van der Waals surface area contributed by atoms with Crippen molar-refractivity contribution in [1.29, 1.82) is 0 Å². The molecule has 0 aliphatic carbocycles. The monoisotopic (exact) mass is 464 g/mol. The fourth-order valence-electron chi connectivity index (χ4n) is 2.43. The number of aliphatic hydroxyl groups excluding tert-OH is 3. The van der Waals surface area contributed by atoms with Crippen LogP contribution in [0.1, 0.15) is 0 Å². The first-order valence-electron chi connectivity index (χ1n) is 7.04. The Balaban J connectivity index is 2.13.